The summed E-state index contributed by atoms with van der Waals surface area (Å²) in [4.78, 5) is 2.37. The number of anilines is 3. The molecule has 0 spiro atoms. The van der Waals surface area contributed by atoms with Gasteiger partial charge in [0.25, 0.3) is 0 Å². The van der Waals surface area contributed by atoms with Gasteiger partial charge in [-0.1, -0.05) is 188 Å². The van der Waals surface area contributed by atoms with Gasteiger partial charge in [0.1, 0.15) is 0 Å². The lowest BCUT2D eigenvalue weighted by Crippen LogP contribution is -2.11. The summed E-state index contributed by atoms with van der Waals surface area (Å²) in [6, 6.07) is 79.5. The number of allylic oxidation sites excluding steroid dienone is 4. The lowest BCUT2D eigenvalue weighted by atomic mass is 9.88. The minimum atomic E-state index is 0.187. The Kier molecular flexibility index (Phi) is 9.02. The second-order valence-corrected chi connectivity index (χ2v) is 15.7. The third-order valence-electron chi connectivity index (χ3n) is 12.2. The summed E-state index contributed by atoms with van der Waals surface area (Å²) < 4.78 is 2.53. The Labute approximate surface area is 351 Å². The fourth-order valence-electron chi connectivity index (χ4n) is 9.30. The first-order valence-electron chi connectivity index (χ1n) is 20.9. The summed E-state index contributed by atoms with van der Waals surface area (Å²) >= 11 is 0. The van der Waals surface area contributed by atoms with E-state index in [1.165, 1.54) is 77.1 Å². The summed E-state index contributed by atoms with van der Waals surface area (Å²) in [5.74, 6) is 0. The van der Waals surface area contributed by atoms with E-state index < -0.39 is 0 Å². The topological polar surface area (TPSA) is 8.17 Å². The lowest BCUT2D eigenvalue weighted by molar-refractivity contribution is 0.656. The number of hydrogen-bond donors (Lipinski definition) is 0. The molecule has 0 saturated carbocycles. The van der Waals surface area contributed by atoms with Crippen LogP contribution in [0.5, 0.6) is 0 Å². The quantitative estimate of drug-likeness (QED) is 0.150. The Bertz CT molecular complexity index is 3150. The van der Waals surface area contributed by atoms with Gasteiger partial charge in [0, 0.05) is 38.9 Å². The van der Waals surface area contributed by atoms with E-state index in [1.54, 1.807) is 0 Å². The molecule has 2 nitrogen and oxygen atoms in total. The van der Waals surface area contributed by atoms with Crippen molar-refractivity contribution in [3.05, 3.63) is 242 Å². The minimum Gasteiger partial charge on any atom is -0.333 e. The van der Waals surface area contributed by atoms with E-state index in [-0.39, 0.29) is 6.04 Å². The average molecular weight is 767 g/mol. The first-order chi connectivity index (χ1) is 29.8. The zero-order valence-corrected chi connectivity index (χ0v) is 33.2. The normalized spacial score (nSPS) is 13.8. The number of rotatable bonds is 8. The number of hydrogen-bond acceptors (Lipinski definition) is 1. The summed E-state index contributed by atoms with van der Waals surface area (Å²) in [5, 5.41) is 5.14. The third-order valence-corrected chi connectivity index (χ3v) is 12.2. The van der Waals surface area contributed by atoms with Gasteiger partial charge in [-0.15, -0.1) is 0 Å². The van der Waals surface area contributed by atoms with Gasteiger partial charge in [-0.3, -0.25) is 0 Å². The largest absolute Gasteiger partial charge is 0.333 e. The van der Waals surface area contributed by atoms with E-state index >= 15 is 0 Å². The van der Waals surface area contributed by atoms with Gasteiger partial charge in [0.05, 0.1) is 6.04 Å². The molecule has 284 valence electrons. The maximum atomic E-state index is 2.53. The Hall–Kier alpha value is -7.68. The maximum absolute atomic E-state index is 2.53. The van der Waals surface area contributed by atoms with Gasteiger partial charge in [-0.25, -0.2) is 0 Å². The molecule has 1 atom stereocenters. The van der Waals surface area contributed by atoms with Gasteiger partial charge in [0.15, 0.2) is 0 Å². The molecule has 1 unspecified atom stereocenters. The molecule has 11 rings (SSSR count). The van der Waals surface area contributed by atoms with Gasteiger partial charge < -0.3 is 9.47 Å². The number of aromatic nitrogens is 1. The van der Waals surface area contributed by atoms with Crippen LogP contribution >= 0.6 is 0 Å². The van der Waals surface area contributed by atoms with Crippen LogP contribution in [0, 0.1) is 0 Å². The molecular formula is C58H42N2. The molecule has 1 heterocycles. The van der Waals surface area contributed by atoms with Crippen molar-refractivity contribution in [3.8, 4) is 33.4 Å². The molecular weight excluding hydrogens is 725 g/mol. The lowest BCUT2D eigenvalue weighted by Gasteiger charge is -2.28. The first kappa shape index (κ1) is 35.5. The van der Waals surface area contributed by atoms with Crippen LogP contribution in [0.2, 0.25) is 0 Å². The highest BCUT2D eigenvalue weighted by Crippen LogP contribution is 2.44. The summed E-state index contributed by atoms with van der Waals surface area (Å²) in [6.07, 6.45) is 7.82. The van der Waals surface area contributed by atoms with Crippen LogP contribution in [0.25, 0.3) is 71.5 Å². The highest BCUT2D eigenvalue weighted by molar-refractivity contribution is 6.08. The van der Waals surface area contributed by atoms with Crippen molar-refractivity contribution < 1.29 is 0 Å². The molecule has 0 saturated heterocycles. The fraction of sp³-hybridized carbons (Fsp3) is 0.0345. The van der Waals surface area contributed by atoms with E-state index in [4.69, 9.17) is 0 Å². The van der Waals surface area contributed by atoms with Gasteiger partial charge in [-0.05, 0) is 110 Å². The Morgan fingerprint density at radius 3 is 1.63 bits per heavy atom. The predicted octanol–water partition coefficient (Wildman–Crippen LogP) is 16.0. The molecule has 2 heteroatoms. The number of fused-ring (bicyclic) bond motifs is 4. The minimum absolute atomic E-state index is 0.187. The monoisotopic (exact) mass is 766 g/mol. The highest BCUT2D eigenvalue weighted by Gasteiger charge is 2.23. The first-order valence-corrected chi connectivity index (χ1v) is 20.9. The van der Waals surface area contributed by atoms with Crippen LogP contribution in [0.15, 0.2) is 237 Å². The maximum Gasteiger partial charge on any atom is 0.0566 e. The SMILES string of the molecule is C1=CC(n2c3ccccc3c3ccccc32)CC(c2ccc(N(c3ccccc3)c3ccc(-c4ccc(-c5cccc6ccccc56)cc4)cc3)cc2-c2ccccc2)=C1. The molecule has 9 aromatic carbocycles. The van der Waals surface area contributed by atoms with Gasteiger partial charge >= 0.3 is 0 Å². The van der Waals surface area contributed by atoms with Crippen molar-refractivity contribution in [2.45, 2.75) is 12.5 Å². The van der Waals surface area contributed by atoms with E-state index in [9.17, 15) is 0 Å². The molecule has 10 aromatic rings. The van der Waals surface area contributed by atoms with Crippen molar-refractivity contribution in [1.82, 2.24) is 4.57 Å². The Morgan fingerprint density at radius 1 is 0.383 bits per heavy atom. The molecule has 0 aliphatic heterocycles. The molecule has 0 N–H and O–H groups in total. The van der Waals surface area contributed by atoms with Crippen molar-refractivity contribution in [2.75, 3.05) is 4.90 Å². The smallest absolute Gasteiger partial charge is 0.0566 e. The van der Waals surface area contributed by atoms with Gasteiger partial charge in [0.2, 0.25) is 0 Å². The number of para-hydroxylation sites is 3. The van der Waals surface area contributed by atoms with E-state index in [0.29, 0.717) is 0 Å². The molecule has 0 fully saturated rings. The van der Waals surface area contributed by atoms with E-state index in [0.717, 1.165) is 23.5 Å². The highest BCUT2D eigenvalue weighted by atomic mass is 15.1. The Balaban J connectivity index is 0.951. The average Bonchev–Trinajstić information content (AvgIpc) is 3.67. The summed E-state index contributed by atoms with van der Waals surface area (Å²) in [5.41, 5.74) is 15.8. The third kappa shape index (κ3) is 6.40. The van der Waals surface area contributed by atoms with E-state index in [1.807, 2.05) is 0 Å². The second kappa shape index (κ2) is 15.2. The standard InChI is InChI=1S/C58H42N2/c1-3-15-44(16-4-1)56-40-50(37-38-53(56)46-19-13-22-49(39-46)60-57-27-11-9-24-54(57)55-25-10-12-28-58(55)60)59(47-20-5-2-6-21-47)48-35-33-42(34-36-48)41-29-31-45(32-30-41)52-26-14-18-43-17-7-8-23-51(43)52/h1-38,40,49H,39H2. The fourth-order valence-corrected chi connectivity index (χ4v) is 9.30. The van der Waals surface area contributed by atoms with Crippen LogP contribution in [0.4, 0.5) is 17.1 Å². The molecule has 0 amide bonds. The van der Waals surface area contributed by atoms with E-state index in [2.05, 4.69) is 246 Å². The summed E-state index contributed by atoms with van der Waals surface area (Å²) in [7, 11) is 0. The summed E-state index contributed by atoms with van der Waals surface area (Å²) in [6.45, 7) is 0. The van der Waals surface area contributed by atoms with Crippen LogP contribution in [0.3, 0.4) is 0 Å². The molecule has 1 aliphatic carbocycles. The molecule has 1 aliphatic rings. The molecule has 0 radical (unpaired) electrons. The van der Waals surface area contributed by atoms with Crippen molar-refractivity contribution in [2.24, 2.45) is 0 Å². The second-order valence-electron chi connectivity index (χ2n) is 15.7. The zero-order chi connectivity index (χ0) is 39.8. The number of benzene rings is 9. The molecule has 1 aromatic heterocycles. The van der Waals surface area contributed by atoms with Crippen molar-refractivity contribution in [1.29, 1.82) is 0 Å². The molecule has 0 bridgehead atoms. The van der Waals surface area contributed by atoms with Crippen molar-refractivity contribution in [3.63, 3.8) is 0 Å². The van der Waals surface area contributed by atoms with Crippen LogP contribution in [0.1, 0.15) is 18.0 Å². The Morgan fingerprint density at radius 2 is 0.917 bits per heavy atom. The van der Waals surface area contributed by atoms with Crippen LogP contribution < -0.4 is 4.90 Å². The van der Waals surface area contributed by atoms with Crippen LogP contribution in [-0.4, -0.2) is 4.57 Å². The molecule has 60 heavy (non-hydrogen) atoms. The number of nitrogens with zero attached hydrogens (tertiary/aromatic N) is 2. The van der Waals surface area contributed by atoms with Gasteiger partial charge in [-0.2, -0.15) is 0 Å². The van der Waals surface area contributed by atoms with Crippen LogP contribution in [-0.2, 0) is 0 Å². The van der Waals surface area contributed by atoms with Crippen molar-refractivity contribution >= 4 is 55.2 Å². The zero-order valence-electron chi connectivity index (χ0n) is 33.2. The predicted molar refractivity (Wildman–Crippen MR) is 255 cm³/mol.